The second-order valence-electron chi connectivity index (χ2n) is 5.33. The van der Waals surface area contributed by atoms with Crippen molar-refractivity contribution >= 4 is 11.8 Å². The van der Waals surface area contributed by atoms with Crippen LogP contribution in [0.4, 0.5) is 13.2 Å². The number of alkyl halides is 2. The summed E-state index contributed by atoms with van der Waals surface area (Å²) in [5.74, 6) is -1.46. The molecule has 6 nitrogen and oxygen atoms in total. The Hall–Kier alpha value is -3.23. The van der Waals surface area contributed by atoms with Gasteiger partial charge >= 0.3 is 6.61 Å². The van der Waals surface area contributed by atoms with Crippen LogP contribution in [0.3, 0.4) is 0 Å². The first-order chi connectivity index (χ1) is 12.9. The van der Waals surface area contributed by atoms with Crippen LogP contribution in [0.2, 0.25) is 0 Å². The molecule has 0 atom stereocenters. The maximum atomic E-state index is 12.8. The van der Waals surface area contributed by atoms with Gasteiger partial charge < -0.3 is 20.1 Å². The minimum Gasteiger partial charge on any atom is -0.493 e. The highest BCUT2D eigenvalue weighted by atomic mass is 19.3. The van der Waals surface area contributed by atoms with Crippen molar-refractivity contribution in [3.8, 4) is 11.5 Å². The van der Waals surface area contributed by atoms with Gasteiger partial charge in [-0.3, -0.25) is 9.59 Å². The molecule has 27 heavy (non-hydrogen) atoms. The van der Waals surface area contributed by atoms with Crippen molar-refractivity contribution in [1.82, 2.24) is 10.6 Å². The van der Waals surface area contributed by atoms with Crippen LogP contribution in [0.15, 0.2) is 42.5 Å². The Balaban J connectivity index is 1.84. The molecular formula is C18H17F3N2O4. The second kappa shape index (κ2) is 9.46. The minimum absolute atomic E-state index is 0.0938. The fourth-order valence-electron chi connectivity index (χ4n) is 2.14. The number of carbonyl (C=O) groups is 2. The summed E-state index contributed by atoms with van der Waals surface area (Å²) in [6.45, 7) is -3.16. The van der Waals surface area contributed by atoms with E-state index in [4.69, 9.17) is 4.74 Å². The number of carbonyl (C=O) groups excluding carboxylic acids is 2. The lowest BCUT2D eigenvalue weighted by Gasteiger charge is -2.12. The average Bonchev–Trinajstić information content (AvgIpc) is 2.65. The zero-order chi connectivity index (χ0) is 19.8. The monoisotopic (exact) mass is 382 g/mol. The van der Waals surface area contributed by atoms with E-state index in [0.717, 1.165) is 12.1 Å². The molecule has 0 saturated heterocycles. The van der Waals surface area contributed by atoms with Gasteiger partial charge in [0.15, 0.2) is 11.5 Å². The van der Waals surface area contributed by atoms with Gasteiger partial charge in [0.1, 0.15) is 5.82 Å². The summed E-state index contributed by atoms with van der Waals surface area (Å²) >= 11 is 0. The van der Waals surface area contributed by atoms with Gasteiger partial charge in [0.05, 0.1) is 13.7 Å². The van der Waals surface area contributed by atoms with Crippen LogP contribution in [0, 0.1) is 5.82 Å². The van der Waals surface area contributed by atoms with E-state index < -0.39 is 24.2 Å². The van der Waals surface area contributed by atoms with E-state index in [-0.39, 0.29) is 30.2 Å². The fraction of sp³-hybridized carbons (Fsp3) is 0.222. The van der Waals surface area contributed by atoms with Crippen molar-refractivity contribution in [2.75, 3.05) is 13.7 Å². The van der Waals surface area contributed by atoms with Gasteiger partial charge in [-0.25, -0.2) is 4.39 Å². The summed E-state index contributed by atoms with van der Waals surface area (Å²) in [6, 6.07) is 9.15. The molecule has 2 aromatic carbocycles. The predicted octanol–water partition coefficient (Wildman–Crippen LogP) is 2.48. The zero-order valence-electron chi connectivity index (χ0n) is 14.3. The molecule has 0 aromatic heterocycles. The van der Waals surface area contributed by atoms with Crippen LogP contribution in [0.1, 0.15) is 15.9 Å². The Labute approximate surface area is 153 Å². The van der Waals surface area contributed by atoms with Gasteiger partial charge in [-0.05, 0) is 42.0 Å². The van der Waals surface area contributed by atoms with Crippen LogP contribution in [0.25, 0.3) is 0 Å². The van der Waals surface area contributed by atoms with Gasteiger partial charge in [-0.1, -0.05) is 6.07 Å². The summed E-state index contributed by atoms with van der Waals surface area (Å²) < 4.78 is 46.7. The first-order valence-electron chi connectivity index (χ1n) is 7.81. The summed E-state index contributed by atoms with van der Waals surface area (Å²) in [5, 5.41) is 4.97. The standard InChI is InChI=1S/C18H17F3N2O4/c1-26-15-8-11(2-7-14(15)27-18(20)21)9-22-16(24)10-23-17(25)12-3-5-13(19)6-4-12/h2-8,18H,9-10H2,1H3,(H,22,24)(H,23,25). The lowest BCUT2D eigenvalue weighted by Crippen LogP contribution is -2.36. The zero-order valence-corrected chi connectivity index (χ0v) is 14.3. The van der Waals surface area contributed by atoms with E-state index in [1.807, 2.05) is 0 Å². The summed E-state index contributed by atoms with van der Waals surface area (Å²) in [5.41, 5.74) is 0.815. The SMILES string of the molecule is COc1cc(CNC(=O)CNC(=O)c2ccc(F)cc2)ccc1OC(F)F. The highest BCUT2D eigenvalue weighted by Crippen LogP contribution is 2.29. The molecule has 0 fully saturated rings. The van der Waals surface area contributed by atoms with Crippen LogP contribution in [-0.4, -0.2) is 32.1 Å². The van der Waals surface area contributed by atoms with Crippen LogP contribution in [-0.2, 0) is 11.3 Å². The molecule has 0 aliphatic heterocycles. The molecule has 0 saturated carbocycles. The highest BCUT2D eigenvalue weighted by molar-refractivity contribution is 5.96. The Kier molecular flexibility index (Phi) is 7.04. The van der Waals surface area contributed by atoms with Gasteiger partial charge in [0, 0.05) is 12.1 Å². The first-order valence-corrected chi connectivity index (χ1v) is 7.81. The summed E-state index contributed by atoms with van der Waals surface area (Å²) in [7, 11) is 1.31. The van der Waals surface area contributed by atoms with Gasteiger partial charge in [-0.15, -0.1) is 0 Å². The second-order valence-corrected chi connectivity index (χ2v) is 5.33. The van der Waals surface area contributed by atoms with Crippen molar-refractivity contribution in [3.63, 3.8) is 0 Å². The van der Waals surface area contributed by atoms with Gasteiger partial charge in [0.2, 0.25) is 5.91 Å². The number of hydrogen-bond acceptors (Lipinski definition) is 4. The molecule has 2 amide bonds. The van der Waals surface area contributed by atoms with Crippen molar-refractivity contribution < 1.29 is 32.2 Å². The Morgan fingerprint density at radius 2 is 1.74 bits per heavy atom. The summed E-state index contributed by atoms with van der Waals surface area (Å²) in [4.78, 5) is 23.7. The molecule has 2 rings (SSSR count). The number of amides is 2. The van der Waals surface area contributed by atoms with E-state index in [1.165, 1.54) is 37.4 Å². The molecule has 0 aliphatic rings. The maximum Gasteiger partial charge on any atom is 0.387 e. The molecule has 2 N–H and O–H groups in total. The number of hydrogen-bond donors (Lipinski definition) is 2. The smallest absolute Gasteiger partial charge is 0.387 e. The lowest BCUT2D eigenvalue weighted by molar-refractivity contribution is -0.120. The van der Waals surface area contributed by atoms with Crippen molar-refractivity contribution in [2.45, 2.75) is 13.2 Å². The molecule has 0 aliphatic carbocycles. The van der Waals surface area contributed by atoms with E-state index in [0.29, 0.717) is 5.56 Å². The van der Waals surface area contributed by atoms with Crippen molar-refractivity contribution in [2.24, 2.45) is 0 Å². The number of nitrogens with one attached hydrogen (secondary N) is 2. The number of ether oxygens (including phenoxy) is 2. The molecule has 144 valence electrons. The molecule has 0 spiro atoms. The number of halogens is 3. The highest BCUT2D eigenvalue weighted by Gasteiger charge is 2.12. The number of benzene rings is 2. The molecule has 9 heteroatoms. The van der Waals surface area contributed by atoms with Crippen molar-refractivity contribution in [1.29, 1.82) is 0 Å². The first kappa shape index (κ1) is 20.1. The van der Waals surface area contributed by atoms with Gasteiger partial charge in [0.25, 0.3) is 5.91 Å². The van der Waals surface area contributed by atoms with Crippen LogP contribution >= 0.6 is 0 Å². The third-order valence-corrected chi connectivity index (χ3v) is 3.45. The van der Waals surface area contributed by atoms with E-state index >= 15 is 0 Å². The normalized spacial score (nSPS) is 10.4. The van der Waals surface area contributed by atoms with Crippen molar-refractivity contribution in [3.05, 3.63) is 59.4 Å². The largest absolute Gasteiger partial charge is 0.493 e. The Bertz CT molecular complexity index is 798. The Morgan fingerprint density at radius 3 is 2.37 bits per heavy atom. The third kappa shape index (κ3) is 6.21. The Morgan fingerprint density at radius 1 is 1.04 bits per heavy atom. The maximum absolute atomic E-state index is 12.8. The van der Waals surface area contributed by atoms with Crippen LogP contribution in [0.5, 0.6) is 11.5 Å². The predicted molar refractivity (Wildman–Crippen MR) is 90.2 cm³/mol. The molecule has 0 unspecified atom stereocenters. The van der Waals surface area contributed by atoms with E-state index in [2.05, 4.69) is 15.4 Å². The molecule has 0 radical (unpaired) electrons. The summed E-state index contributed by atoms with van der Waals surface area (Å²) in [6.07, 6.45) is 0. The molecular weight excluding hydrogens is 365 g/mol. The quantitative estimate of drug-likeness (QED) is 0.736. The van der Waals surface area contributed by atoms with Gasteiger partial charge in [-0.2, -0.15) is 8.78 Å². The van der Waals surface area contributed by atoms with E-state index in [9.17, 15) is 22.8 Å². The van der Waals surface area contributed by atoms with Crippen LogP contribution < -0.4 is 20.1 Å². The topological polar surface area (TPSA) is 76.7 Å². The number of methoxy groups -OCH3 is 1. The average molecular weight is 382 g/mol. The molecule has 0 heterocycles. The molecule has 2 aromatic rings. The third-order valence-electron chi connectivity index (χ3n) is 3.45. The van der Waals surface area contributed by atoms with E-state index in [1.54, 1.807) is 0 Å². The number of rotatable bonds is 8. The minimum atomic E-state index is -2.98. The molecule has 0 bridgehead atoms. The fourth-order valence-corrected chi connectivity index (χ4v) is 2.14. The lowest BCUT2D eigenvalue weighted by atomic mass is 10.2.